The van der Waals surface area contributed by atoms with Gasteiger partial charge in [0.05, 0.1) is 18.2 Å². The summed E-state index contributed by atoms with van der Waals surface area (Å²) in [5, 5.41) is 12.6. The second-order valence-electron chi connectivity index (χ2n) is 8.36. The highest BCUT2D eigenvalue weighted by Crippen LogP contribution is 2.33. The fraction of sp³-hybridized carbons (Fsp3) is 0.619. The third-order valence-electron chi connectivity index (χ3n) is 5.43. The zero-order valence-corrected chi connectivity index (χ0v) is 17.1. The molecule has 0 bridgehead atoms. The van der Waals surface area contributed by atoms with Crippen molar-refractivity contribution < 1.29 is 19.4 Å². The Balaban J connectivity index is 1.95. The van der Waals surface area contributed by atoms with Gasteiger partial charge in [0.1, 0.15) is 11.9 Å². The number of nitrogens with one attached hydrogen (secondary N) is 1. The topological polar surface area (TPSA) is 82.1 Å². The summed E-state index contributed by atoms with van der Waals surface area (Å²) in [6.07, 6.45) is 1.75. The summed E-state index contributed by atoms with van der Waals surface area (Å²) < 4.78 is 6.25. The molecule has 7 nitrogen and oxygen atoms in total. The second-order valence-corrected chi connectivity index (χ2v) is 8.36. The van der Waals surface area contributed by atoms with Gasteiger partial charge in [0, 0.05) is 30.6 Å². The molecule has 1 saturated carbocycles. The van der Waals surface area contributed by atoms with Crippen LogP contribution in [0.1, 0.15) is 37.0 Å². The Morgan fingerprint density at radius 2 is 2.11 bits per heavy atom. The van der Waals surface area contributed by atoms with Gasteiger partial charge in [0.2, 0.25) is 5.91 Å². The van der Waals surface area contributed by atoms with Gasteiger partial charge < -0.3 is 25.0 Å². The first-order chi connectivity index (χ1) is 13.3. The van der Waals surface area contributed by atoms with E-state index in [2.05, 4.69) is 17.1 Å². The van der Waals surface area contributed by atoms with Gasteiger partial charge in [-0.25, -0.2) is 0 Å². The molecule has 2 amide bonds. The van der Waals surface area contributed by atoms with Crippen LogP contribution in [0.4, 0.5) is 5.69 Å². The van der Waals surface area contributed by atoms with E-state index in [9.17, 15) is 14.7 Å². The third-order valence-corrected chi connectivity index (χ3v) is 5.43. The zero-order chi connectivity index (χ0) is 20.4. The number of amides is 2. The number of aliphatic hydroxyl groups is 1. The lowest BCUT2D eigenvalue weighted by atomic mass is 9.99. The van der Waals surface area contributed by atoms with Gasteiger partial charge in [-0.1, -0.05) is 6.92 Å². The van der Waals surface area contributed by atoms with Gasteiger partial charge in [0.15, 0.2) is 0 Å². The first kappa shape index (κ1) is 20.6. The summed E-state index contributed by atoms with van der Waals surface area (Å²) in [4.78, 5) is 29.1. The molecule has 2 aliphatic rings. The van der Waals surface area contributed by atoms with Crippen molar-refractivity contribution in [3.63, 3.8) is 0 Å². The monoisotopic (exact) mass is 389 g/mol. The summed E-state index contributed by atoms with van der Waals surface area (Å²) in [7, 11) is 3.98. The molecule has 1 fully saturated rings. The lowest BCUT2D eigenvalue weighted by molar-refractivity contribution is -0.117. The molecule has 0 aromatic heterocycles. The Hall–Kier alpha value is -2.12. The molecule has 7 heteroatoms. The minimum atomic E-state index is -0.300. The molecule has 3 atom stereocenters. The lowest BCUT2D eigenvalue weighted by Crippen LogP contribution is -2.49. The molecule has 154 valence electrons. The minimum absolute atomic E-state index is 0.00106. The number of anilines is 1. The van der Waals surface area contributed by atoms with E-state index < -0.39 is 0 Å². The molecule has 1 heterocycles. The average Bonchev–Trinajstić information content (AvgIpc) is 3.49. The number of nitrogens with zero attached hydrogens (tertiary/aromatic N) is 2. The van der Waals surface area contributed by atoms with Crippen LogP contribution in [0.25, 0.3) is 0 Å². The maximum absolute atomic E-state index is 13.3. The van der Waals surface area contributed by atoms with Crippen molar-refractivity contribution in [1.82, 2.24) is 9.80 Å². The van der Waals surface area contributed by atoms with Crippen molar-refractivity contribution in [3.8, 4) is 5.75 Å². The fourth-order valence-electron chi connectivity index (χ4n) is 3.47. The van der Waals surface area contributed by atoms with E-state index in [1.165, 1.54) is 0 Å². The predicted octanol–water partition coefficient (Wildman–Crippen LogP) is 1.82. The van der Waals surface area contributed by atoms with E-state index in [0.717, 1.165) is 19.4 Å². The number of hydrogen-bond donors (Lipinski definition) is 2. The summed E-state index contributed by atoms with van der Waals surface area (Å²) in [6.45, 7) is 5.01. The molecule has 1 aliphatic carbocycles. The van der Waals surface area contributed by atoms with Crippen molar-refractivity contribution >= 4 is 17.5 Å². The second kappa shape index (κ2) is 8.49. The summed E-state index contributed by atoms with van der Waals surface area (Å²) in [6, 6.07) is 4.94. The van der Waals surface area contributed by atoms with Crippen molar-refractivity contribution in [1.29, 1.82) is 0 Å². The molecule has 0 unspecified atom stereocenters. The number of likely N-dealkylation sites (N-methyl/N-ethyl adjacent to an activating group) is 1. The SMILES string of the molecule is C[C@@H]1CN([C@H](C)CO)C(=O)c2cc(NC(=O)C3CC3)ccc2O[C@@H]1CN(C)C. The normalized spacial score (nSPS) is 23.5. The van der Waals surface area contributed by atoms with Gasteiger partial charge in [-0.2, -0.15) is 0 Å². The lowest BCUT2D eigenvalue weighted by Gasteiger charge is -2.37. The molecule has 1 aliphatic heterocycles. The summed E-state index contributed by atoms with van der Waals surface area (Å²) >= 11 is 0. The highest BCUT2D eigenvalue weighted by molar-refractivity contribution is 6.00. The predicted molar refractivity (Wildman–Crippen MR) is 108 cm³/mol. The van der Waals surface area contributed by atoms with Crippen molar-refractivity contribution in [2.75, 3.05) is 39.1 Å². The number of aliphatic hydroxyl groups excluding tert-OH is 1. The molecular formula is C21H31N3O4. The Morgan fingerprint density at radius 3 is 2.71 bits per heavy atom. The van der Waals surface area contributed by atoms with Crippen LogP contribution in [0.5, 0.6) is 5.75 Å². The van der Waals surface area contributed by atoms with Crippen LogP contribution in [0.3, 0.4) is 0 Å². The van der Waals surface area contributed by atoms with E-state index >= 15 is 0 Å². The molecule has 0 spiro atoms. The van der Waals surface area contributed by atoms with Crippen LogP contribution in [0.2, 0.25) is 0 Å². The summed E-state index contributed by atoms with van der Waals surface area (Å²) in [5.74, 6) is 0.518. The van der Waals surface area contributed by atoms with Crippen LogP contribution in [0.15, 0.2) is 18.2 Å². The standard InChI is InChI=1S/C21H31N3O4/c1-13-10-24(14(2)12-25)21(27)17-9-16(22-20(26)15-5-6-15)7-8-18(17)28-19(13)11-23(3)4/h7-9,13-15,19,25H,5-6,10-12H2,1-4H3,(H,22,26)/t13-,14-,19-/m1/s1. The van der Waals surface area contributed by atoms with Gasteiger partial charge in [-0.05, 0) is 52.1 Å². The molecule has 28 heavy (non-hydrogen) atoms. The summed E-state index contributed by atoms with van der Waals surface area (Å²) in [5.41, 5.74) is 1.02. The zero-order valence-electron chi connectivity index (χ0n) is 17.1. The van der Waals surface area contributed by atoms with Gasteiger partial charge >= 0.3 is 0 Å². The van der Waals surface area contributed by atoms with E-state index in [-0.39, 0.29) is 42.4 Å². The van der Waals surface area contributed by atoms with Crippen LogP contribution in [0, 0.1) is 11.8 Å². The minimum Gasteiger partial charge on any atom is -0.488 e. The number of ether oxygens (including phenoxy) is 1. The van der Waals surface area contributed by atoms with Crippen LogP contribution in [-0.4, -0.2) is 72.7 Å². The number of carbonyl (C=O) groups excluding carboxylic acids is 2. The molecule has 1 aromatic rings. The molecule has 1 aromatic carbocycles. The Morgan fingerprint density at radius 1 is 1.39 bits per heavy atom. The van der Waals surface area contributed by atoms with Gasteiger partial charge in [-0.15, -0.1) is 0 Å². The van der Waals surface area contributed by atoms with Crippen LogP contribution < -0.4 is 10.1 Å². The fourth-order valence-corrected chi connectivity index (χ4v) is 3.47. The highest BCUT2D eigenvalue weighted by atomic mass is 16.5. The number of rotatable bonds is 6. The van der Waals surface area contributed by atoms with E-state index in [4.69, 9.17) is 4.74 Å². The Bertz CT molecular complexity index is 732. The number of fused-ring (bicyclic) bond motifs is 1. The largest absolute Gasteiger partial charge is 0.488 e. The van der Waals surface area contributed by atoms with Crippen LogP contribution >= 0.6 is 0 Å². The van der Waals surface area contributed by atoms with E-state index in [1.807, 2.05) is 21.0 Å². The maximum atomic E-state index is 13.3. The van der Waals surface area contributed by atoms with E-state index in [1.54, 1.807) is 23.1 Å². The molecule has 3 rings (SSSR count). The Kier molecular flexibility index (Phi) is 6.25. The first-order valence-corrected chi connectivity index (χ1v) is 9.98. The smallest absolute Gasteiger partial charge is 0.258 e. The Labute approximate surface area is 166 Å². The van der Waals surface area contributed by atoms with Gasteiger partial charge in [-0.3, -0.25) is 9.59 Å². The molecular weight excluding hydrogens is 358 g/mol. The maximum Gasteiger partial charge on any atom is 0.258 e. The average molecular weight is 389 g/mol. The number of carbonyl (C=O) groups is 2. The number of hydrogen-bond acceptors (Lipinski definition) is 5. The molecule has 2 N–H and O–H groups in total. The third kappa shape index (κ3) is 4.64. The van der Waals surface area contributed by atoms with Crippen LogP contribution in [-0.2, 0) is 4.79 Å². The van der Waals surface area contributed by atoms with Crippen molar-refractivity contribution in [2.45, 2.75) is 38.8 Å². The molecule has 0 saturated heterocycles. The quantitative estimate of drug-likeness (QED) is 0.776. The van der Waals surface area contributed by atoms with E-state index in [0.29, 0.717) is 23.5 Å². The van der Waals surface area contributed by atoms with Crippen molar-refractivity contribution in [3.05, 3.63) is 23.8 Å². The molecule has 0 radical (unpaired) electrons. The first-order valence-electron chi connectivity index (χ1n) is 9.98. The van der Waals surface area contributed by atoms with Crippen molar-refractivity contribution in [2.24, 2.45) is 11.8 Å². The highest BCUT2D eigenvalue weighted by Gasteiger charge is 2.34. The van der Waals surface area contributed by atoms with Gasteiger partial charge in [0.25, 0.3) is 5.91 Å². The number of benzene rings is 1.